The molecule has 0 radical (unpaired) electrons. The highest BCUT2D eigenvalue weighted by Crippen LogP contribution is 2.47. The zero-order chi connectivity index (χ0) is 32.2. The van der Waals surface area contributed by atoms with Crippen molar-refractivity contribution in [2.24, 2.45) is 10.4 Å². The van der Waals surface area contributed by atoms with Crippen LogP contribution in [-0.2, 0) is 20.9 Å². The summed E-state index contributed by atoms with van der Waals surface area (Å²) in [6, 6.07) is 4.56. The molecular weight excluding hydrogens is 639 g/mol. The number of anilines is 1. The van der Waals surface area contributed by atoms with Crippen LogP contribution in [0.5, 0.6) is 0 Å². The summed E-state index contributed by atoms with van der Waals surface area (Å²) >= 11 is 7.86. The van der Waals surface area contributed by atoms with Gasteiger partial charge in [-0.25, -0.2) is 19.0 Å². The van der Waals surface area contributed by atoms with Gasteiger partial charge in [-0.3, -0.25) is 24.3 Å². The molecule has 2 N–H and O–H groups in total. The number of carboxylic acid groups (broad SMARTS) is 1. The zero-order valence-electron chi connectivity index (χ0n) is 24.7. The second-order valence-corrected chi connectivity index (χ2v) is 13.1. The fourth-order valence-corrected chi connectivity index (χ4v) is 7.14. The molecule has 2 aromatic heterocycles. The van der Waals surface area contributed by atoms with E-state index in [1.165, 1.54) is 36.6 Å². The first-order valence-corrected chi connectivity index (χ1v) is 16.0. The number of fused-ring (bicyclic) bond motifs is 1. The van der Waals surface area contributed by atoms with Gasteiger partial charge in [0.1, 0.15) is 11.9 Å². The molecule has 16 heteroatoms. The van der Waals surface area contributed by atoms with Crippen molar-refractivity contribution >= 4 is 52.6 Å². The fraction of sp³-hybridized carbons (Fsp3) is 0.400. The number of aliphatic imine (C=N–C) groups is 1. The third-order valence-electron chi connectivity index (χ3n) is 8.92. The monoisotopic (exact) mass is 668 g/mol. The molecule has 3 aromatic rings. The van der Waals surface area contributed by atoms with E-state index in [9.17, 15) is 23.9 Å². The summed E-state index contributed by atoms with van der Waals surface area (Å²) in [5, 5.41) is 20.0. The number of urea groups is 1. The largest absolute Gasteiger partial charge is 0.481 e. The Morgan fingerprint density at radius 2 is 2.07 bits per heavy atom. The second kappa shape index (κ2) is 11.8. The Balaban J connectivity index is 1.13. The molecule has 0 unspecified atom stereocenters. The number of carbonyl (C=O) groups is 3. The quantitative estimate of drug-likeness (QED) is 0.329. The van der Waals surface area contributed by atoms with E-state index in [-0.39, 0.29) is 29.2 Å². The minimum atomic E-state index is -0.869. The van der Waals surface area contributed by atoms with Gasteiger partial charge in [0.2, 0.25) is 0 Å². The van der Waals surface area contributed by atoms with Crippen LogP contribution in [0.4, 0.5) is 15.0 Å². The number of ether oxygens (including phenoxy) is 1. The smallest absolute Gasteiger partial charge is 0.338 e. The molecule has 2 saturated heterocycles. The lowest BCUT2D eigenvalue weighted by Crippen LogP contribution is -2.53. The summed E-state index contributed by atoms with van der Waals surface area (Å²) in [4.78, 5) is 53.1. The molecule has 5 heterocycles. The topological polar surface area (TPSA) is 145 Å². The number of esters is 1. The second-order valence-electron chi connectivity index (χ2n) is 11.8. The van der Waals surface area contributed by atoms with E-state index in [2.05, 4.69) is 20.3 Å². The normalized spacial score (nSPS) is 22.4. The van der Waals surface area contributed by atoms with Gasteiger partial charge in [-0.15, -0.1) is 11.3 Å². The van der Waals surface area contributed by atoms with Crippen molar-refractivity contribution in [3.63, 3.8) is 0 Å². The number of nitrogens with zero attached hydrogens (tertiary/aromatic N) is 7. The number of piperazine rings is 1. The van der Waals surface area contributed by atoms with Crippen LogP contribution in [-0.4, -0.2) is 99.4 Å². The summed E-state index contributed by atoms with van der Waals surface area (Å²) in [7, 11) is 1.29. The van der Waals surface area contributed by atoms with Crippen LogP contribution in [0.3, 0.4) is 0 Å². The lowest BCUT2D eigenvalue weighted by molar-refractivity contribution is -0.144. The van der Waals surface area contributed by atoms with Gasteiger partial charge < -0.3 is 20.1 Å². The number of amidine groups is 1. The maximum Gasteiger partial charge on any atom is 0.338 e. The van der Waals surface area contributed by atoms with Crippen LogP contribution < -0.4 is 10.2 Å². The van der Waals surface area contributed by atoms with Gasteiger partial charge in [-0.1, -0.05) is 17.7 Å². The van der Waals surface area contributed by atoms with Crippen molar-refractivity contribution in [1.29, 1.82) is 0 Å². The maximum absolute atomic E-state index is 14.0. The Bertz CT molecular complexity index is 1770. The van der Waals surface area contributed by atoms with Crippen LogP contribution in [0.1, 0.15) is 29.5 Å². The number of hydrogen-bond acceptors (Lipinski definition) is 10. The first-order valence-electron chi connectivity index (χ1n) is 14.7. The van der Waals surface area contributed by atoms with Crippen LogP contribution >= 0.6 is 22.9 Å². The van der Waals surface area contributed by atoms with Crippen LogP contribution in [0.25, 0.3) is 0 Å². The number of aliphatic carboxylic acids is 1. The number of benzene rings is 1. The van der Waals surface area contributed by atoms with Gasteiger partial charge in [0.15, 0.2) is 16.7 Å². The van der Waals surface area contributed by atoms with Crippen molar-refractivity contribution in [1.82, 2.24) is 29.9 Å². The number of methoxy groups -OCH3 is 1. The molecule has 1 aromatic carbocycles. The van der Waals surface area contributed by atoms with Crippen molar-refractivity contribution in [2.75, 3.05) is 44.7 Å². The average Bonchev–Trinajstić information content (AvgIpc) is 3.35. The first-order chi connectivity index (χ1) is 22.2. The summed E-state index contributed by atoms with van der Waals surface area (Å²) in [6.07, 6.45) is 4.61. The molecule has 3 fully saturated rings. The van der Waals surface area contributed by atoms with E-state index in [1.807, 2.05) is 10.3 Å². The molecule has 0 bridgehead atoms. The van der Waals surface area contributed by atoms with Gasteiger partial charge in [-0.05, 0) is 25.0 Å². The van der Waals surface area contributed by atoms with E-state index in [4.69, 9.17) is 21.3 Å². The van der Waals surface area contributed by atoms with Gasteiger partial charge >= 0.3 is 18.0 Å². The molecule has 13 nitrogen and oxygen atoms in total. The minimum absolute atomic E-state index is 0.130. The van der Waals surface area contributed by atoms with Gasteiger partial charge in [0, 0.05) is 66.3 Å². The summed E-state index contributed by atoms with van der Waals surface area (Å²) in [6.45, 7) is 2.52. The number of hydrogen-bond donors (Lipinski definition) is 2. The summed E-state index contributed by atoms with van der Waals surface area (Å²) in [5.41, 5.74) is 0.488. The highest BCUT2D eigenvalue weighted by molar-refractivity contribution is 7.11. The Hall–Kier alpha value is -4.34. The van der Waals surface area contributed by atoms with Crippen LogP contribution in [0, 0.1) is 11.2 Å². The molecule has 2 amide bonds. The summed E-state index contributed by atoms with van der Waals surface area (Å²) < 4.78 is 20.8. The number of halogens is 2. The van der Waals surface area contributed by atoms with Gasteiger partial charge in [0.25, 0.3) is 0 Å². The van der Waals surface area contributed by atoms with Gasteiger partial charge in [0.05, 0.1) is 37.2 Å². The number of nitrogens with one attached hydrogen (secondary N) is 1. The Kier molecular flexibility index (Phi) is 7.77. The van der Waals surface area contributed by atoms with Gasteiger partial charge in [-0.2, -0.15) is 5.10 Å². The lowest BCUT2D eigenvalue weighted by atomic mass is 9.95. The van der Waals surface area contributed by atoms with Crippen molar-refractivity contribution in [3.05, 3.63) is 74.7 Å². The van der Waals surface area contributed by atoms with Crippen molar-refractivity contribution < 1.29 is 28.6 Å². The van der Waals surface area contributed by atoms with E-state index in [0.29, 0.717) is 73.5 Å². The predicted molar refractivity (Wildman–Crippen MR) is 166 cm³/mol. The average molecular weight is 669 g/mol. The number of amides is 2. The third-order valence-corrected chi connectivity index (χ3v) is 10.0. The standard InChI is InChI=1S/C30H30ClFN8O5S/c1-45-27(41)23-21(34-25(26-33-7-11-46-26)35-24(23)19-3-2-17(32)12-20(19)31)15-37-9-10-39-18(13-37)14-40(29(39)44)22-4-8-38(36-22)16-30(5-6-30)28(42)43/h2-4,7-8,11-12,18,24H,5-6,9-10,13-16H2,1H3,(H,34,35)(H,42,43)/t18-,24-/m0/s1. The number of rotatable bonds is 9. The molecule has 3 aliphatic heterocycles. The third kappa shape index (κ3) is 5.52. The molecule has 1 saturated carbocycles. The Morgan fingerprint density at radius 3 is 2.76 bits per heavy atom. The fourth-order valence-electron chi connectivity index (χ4n) is 6.28. The molecule has 1 aliphatic carbocycles. The molecular formula is C30H30ClFN8O5S. The molecule has 46 heavy (non-hydrogen) atoms. The highest BCUT2D eigenvalue weighted by atomic mass is 35.5. The zero-order valence-corrected chi connectivity index (χ0v) is 26.3. The van der Waals surface area contributed by atoms with E-state index in [1.54, 1.807) is 28.0 Å². The first kappa shape index (κ1) is 30.3. The van der Waals surface area contributed by atoms with Crippen LogP contribution in [0.15, 0.2) is 58.3 Å². The number of carbonyl (C=O) groups excluding carboxylic acids is 2. The maximum atomic E-state index is 14.0. The van der Waals surface area contributed by atoms with E-state index in [0.717, 1.165) is 0 Å². The minimum Gasteiger partial charge on any atom is -0.481 e. The number of thiazole rings is 1. The lowest BCUT2D eigenvalue weighted by Gasteiger charge is -2.38. The highest BCUT2D eigenvalue weighted by Gasteiger charge is 2.51. The molecule has 240 valence electrons. The molecule has 0 spiro atoms. The Morgan fingerprint density at radius 1 is 1.24 bits per heavy atom. The number of carboxylic acids is 1. The predicted octanol–water partition coefficient (Wildman–Crippen LogP) is 3.14. The Labute approximate surface area is 271 Å². The molecule has 2 atom stereocenters. The molecule has 7 rings (SSSR count). The van der Waals surface area contributed by atoms with Crippen molar-refractivity contribution in [2.45, 2.75) is 31.5 Å². The van der Waals surface area contributed by atoms with Crippen molar-refractivity contribution in [3.8, 4) is 0 Å². The molecule has 4 aliphatic rings. The van der Waals surface area contributed by atoms with E-state index >= 15 is 0 Å². The number of aromatic nitrogens is 3. The SMILES string of the molecule is COC(=O)C1=C(CN2CCN3C(=O)N(c4ccn(CC5(C(=O)O)CC5)n4)C[C@@H]3C2)NC(c2nccs2)=N[C@H]1c1ccc(F)cc1Cl. The van der Waals surface area contributed by atoms with E-state index < -0.39 is 29.2 Å². The summed E-state index contributed by atoms with van der Waals surface area (Å²) in [5.74, 6) is -0.987. The van der Waals surface area contributed by atoms with Crippen LogP contribution in [0.2, 0.25) is 5.02 Å².